The van der Waals surface area contributed by atoms with Crippen LogP contribution < -0.4 is 11.1 Å². The van der Waals surface area contributed by atoms with E-state index in [1.54, 1.807) is 0 Å². The van der Waals surface area contributed by atoms with Gasteiger partial charge in [0.15, 0.2) is 0 Å². The Balaban J connectivity index is 2.18. The number of aromatic nitrogens is 2. The topological polar surface area (TPSA) is 55.3 Å². The number of imidazole rings is 1. The highest BCUT2D eigenvalue weighted by atomic mass is 15.0. The van der Waals surface area contributed by atoms with E-state index in [0.29, 0.717) is 6.54 Å². The maximum atomic E-state index is 5.70. The fourth-order valence-electron chi connectivity index (χ4n) is 2.20. The van der Waals surface area contributed by atoms with E-state index in [1.807, 2.05) is 43.7 Å². The first kappa shape index (κ1) is 11.7. The van der Waals surface area contributed by atoms with Gasteiger partial charge < -0.3 is 11.1 Å². The van der Waals surface area contributed by atoms with Crippen LogP contribution >= 0.6 is 0 Å². The number of nitrogens with one attached hydrogen (secondary N) is 1. The van der Waals surface area contributed by atoms with E-state index < -0.39 is 0 Å². The van der Waals surface area contributed by atoms with Gasteiger partial charge >= 0.3 is 0 Å². The second-order valence-corrected chi connectivity index (χ2v) is 4.44. The molecular weight excluding hydrogens is 236 g/mol. The van der Waals surface area contributed by atoms with Crippen LogP contribution in [0.25, 0.3) is 16.9 Å². The molecule has 0 fully saturated rings. The summed E-state index contributed by atoms with van der Waals surface area (Å²) < 4.78 is 2.08. The Morgan fingerprint density at radius 2 is 2.16 bits per heavy atom. The normalized spacial score (nSPS) is 10.8. The first-order valence-corrected chi connectivity index (χ1v) is 6.26. The van der Waals surface area contributed by atoms with E-state index in [-0.39, 0.29) is 0 Å². The van der Waals surface area contributed by atoms with Crippen molar-refractivity contribution in [3.8, 4) is 11.3 Å². The van der Waals surface area contributed by atoms with Gasteiger partial charge in [-0.2, -0.15) is 0 Å². The predicted molar refractivity (Wildman–Crippen MR) is 78.1 cm³/mol. The SMILES string of the molecule is CNc1ccc2ncc(-c3cccc(CN)c3)n2c1. The molecule has 3 rings (SSSR count). The maximum absolute atomic E-state index is 5.70. The molecule has 0 aliphatic heterocycles. The lowest BCUT2D eigenvalue weighted by atomic mass is 10.1. The lowest BCUT2D eigenvalue weighted by Gasteiger charge is -2.06. The van der Waals surface area contributed by atoms with E-state index >= 15 is 0 Å². The van der Waals surface area contributed by atoms with Crippen LogP contribution in [-0.4, -0.2) is 16.4 Å². The minimum absolute atomic E-state index is 0.548. The number of nitrogens with two attached hydrogens (primary N) is 1. The molecule has 0 saturated carbocycles. The quantitative estimate of drug-likeness (QED) is 0.753. The number of anilines is 1. The highest BCUT2D eigenvalue weighted by Crippen LogP contribution is 2.23. The number of benzene rings is 1. The van der Waals surface area contributed by atoms with Crippen LogP contribution in [-0.2, 0) is 6.54 Å². The number of fused-ring (bicyclic) bond motifs is 1. The maximum Gasteiger partial charge on any atom is 0.137 e. The third kappa shape index (κ3) is 2.06. The Labute approximate surface area is 111 Å². The summed E-state index contributed by atoms with van der Waals surface area (Å²) in [6.45, 7) is 0.548. The average molecular weight is 252 g/mol. The molecule has 4 heteroatoms. The molecule has 96 valence electrons. The van der Waals surface area contributed by atoms with Crippen LogP contribution in [0.4, 0.5) is 5.69 Å². The predicted octanol–water partition coefficient (Wildman–Crippen LogP) is 2.50. The standard InChI is InChI=1S/C15H16N4/c1-17-13-5-6-15-18-9-14(19(15)10-13)12-4-2-3-11(7-12)8-16/h2-7,9-10,17H,8,16H2,1H3. The van der Waals surface area contributed by atoms with Gasteiger partial charge in [-0.25, -0.2) is 4.98 Å². The smallest absolute Gasteiger partial charge is 0.137 e. The van der Waals surface area contributed by atoms with Crippen LogP contribution in [0.15, 0.2) is 48.8 Å². The van der Waals surface area contributed by atoms with E-state index in [2.05, 4.69) is 26.8 Å². The zero-order valence-electron chi connectivity index (χ0n) is 10.8. The second-order valence-electron chi connectivity index (χ2n) is 4.44. The van der Waals surface area contributed by atoms with Gasteiger partial charge in [0.05, 0.1) is 17.6 Å². The lowest BCUT2D eigenvalue weighted by molar-refractivity contribution is 1.07. The summed E-state index contributed by atoms with van der Waals surface area (Å²) in [7, 11) is 1.91. The second kappa shape index (κ2) is 4.74. The van der Waals surface area contributed by atoms with E-state index in [4.69, 9.17) is 5.73 Å². The molecule has 0 bridgehead atoms. The number of rotatable bonds is 3. The van der Waals surface area contributed by atoms with Crippen molar-refractivity contribution in [1.82, 2.24) is 9.38 Å². The summed E-state index contributed by atoms with van der Waals surface area (Å²) in [5.41, 5.74) is 11.0. The molecule has 19 heavy (non-hydrogen) atoms. The van der Waals surface area contributed by atoms with Crippen LogP contribution in [0.5, 0.6) is 0 Å². The van der Waals surface area contributed by atoms with Crippen molar-refractivity contribution in [2.45, 2.75) is 6.54 Å². The molecule has 0 amide bonds. The molecule has 1 aromatic carbocycles. The van der Waals surface area contributed by atoms with Crippen molar-refractivity contribution < 1.29 is 0 Å². The summed E-state index contributed by atoms with van der Waals surface area (Å²) >= 11 is 0. The van der Waals surface area contributed by atoms with Gasteiger partial charge in [-0.3, -0.25) is 4.40 Å². The number of hydrogen-bond acceptors (Lipinski definition) is 3. The van der Waals surface area contributed by atoms with Crippen LogP contribution in [0, 0.1) is 0 Å². The van der Waals surface area contributed by atoms with Gasteiger partial charge in [-0.05, 0) is 23.8 Å². The molecule has 0 atom stereocenters. The fraction of sp³-hybridized carbons (Fsp3) is 0.133. The fourth-order valence-corrected chi connectivity index (χ4v) is 2.20. The van der Waals surface area contributed by atoms with Crippen molar-refractivity contribution in [3.63, 3.8) is 0 Å². The first-order chi connectivity index (χ1) is 9.31. The molecule has 0 unspecified atom stereocenters. The van der Waals surface area contributed by atoms with Crippen molar-refractivity contribution >= 4 is 11.3 Å². The number of pyridine rings is 1. The number of hydrogen-bond donors (Lipinski definition) is 2. The molecular formula is C15H16N4. The van der Waals surface area contributed by atoms with Gasteiger partial charge in [0, 0.05) is 25.4 Å². The zero-order valence-corrected chi connectivity index (χ0v) is 10.8. The van der Waals surface area contributed by atoms with Gasteiger partial charge in [0.2, 0.25) is 0 Å². The van der Waals surface area contributed by atoms with E-state index in [0.717, 1.165) is 28.2 Å². The monoisotopic (exact) mass is 252 g/mol. The highest BCUT2D eigenvalue weighted by Gasteiger charge is 2.06. The highest BCUT2D eigenvalue weighted by molar-refractivity contribution is 5.66. The molecule has 0 aliphatic rings. The van der Waals surface area contributed by atoms with E-state index in [1.165, 1.54) is 0 Å². The molecule has 0 aliphatic carbocycles. The molecule has 0 saturated heterocycles. The molecule has 2 aromatic heterocycles. The van der Waals surface area contributed by atoms with Crippen LogP contribution in [0.1, 0.15) is 5.56 Å². The Bertz CT molecular complexity index is 715. The van der Waals surface area contributed by atoms with Gasteiger partial charge in [-0.1, -0.05) is 18.2 Å². The number of nitrogens with zero attached hydrogens (tertiary/aromatic N) is 2. The average Bonchev–Trinajstić information content (AvgIpc) is 2.90. The minimum Gasteiger partial charge on any atom is -0.387 e. The molecule has 3 N–H and O–H groups in total. The van der Waals surface area contributed by atoms with Gasteiger partial charge in [0.25, 0.3) is 0 Å². The third-order valence-electron chi connectivity index (χ3n) is 3.25. The lowest BCUT2D eigenvalue weighted by Crippen LogP contribution is -1.97. The minimum atomic E-state index is 0.548. The van der Waals surface area contributed by atoms with Crippen LogP contribution in [0.3, 0.4) is 0 Å². The van der Waals surface area contributed by atoms with Crippen molar-refractivity contribution in [3.05, 3.63) is 54.4 Å². The van der Waals surface area contributed by atoms with E-state index in [9.17, 15) is 0 Å². The Kier molecular flexibility index (Phi) is 2.93. The van der Waals surface area contributed by atoms with Gasteiger partial charge in [0.1, 0.15) is 5.65 Å². The molecule has 3 aromatic rings. The third-order valence-corrected chi connectivity index (χ3v) is 3.25. The summed E-state index contributed by atoms with van der Waals surface area (Å²) in [5, 5.41) is 3.14. The summed E-state index contributed by atoms with van der Waals surface area (Å²) in [6.07, 6.45) is 3.94. The molecule has 2 heterocycles. The zero-order chi connectivity index (χ0) is 13.2. The molecule has 0 radical (unpaired) electrons. The largest absolute Gasteiger partial charge is 0.387 e. The Morgan fingerprint density at radius 1 is 1.26 bits per heavy atom. The summed E-state index contributed by atoms with van der Waals surface area (Å²) in [5.74, 6) is 0. The first-order valence-electron chi connectivity index (χ1n) is 6.26. The molecule has 4 nitrogen and oxygen atoms in total. The van der Waals surface area contributed by atoms with Crippen molar-refractivity contribution in [2.75, 3.05) is 12.4 Å². The Hall–Kier alpha value is -2.33. The summed E-state index contributed by atoms with van der Waals surface area (Å²) in [4.78, 5) is 4.43. The van der Waals surface area contributed by atoms with Crippen molar-refractivity contribution in [1.29, 1.82) is 0 Å². The molecule has 0 spiro atoms. The van der Waals surface area contributed by atoms with Crippen LogP contribution in [0.2, 0.25) is 0 Å². The Morgan fingerprint density at radius 3 is 2.95 bits per heavy atom. The van der Waals surface area contributed by atoms with Crippen molar-refractivity contribution in [2.24, 2.45) is 5.73 Å². The summed E-state index contributed by atoms with van der Waals surface area (Å²) in [6, 6.07) is 12.3. The van der Waals surface area contributed by atoms with Gasteiger partial charge in [-0.15, -0.1) is 0 Å².